The number of carbonyl (C=O) groups excluding carboxylic acids is 2. The van der Waals surface area contributed by atoms with E-state index in [0.717, 1.165) is 18.4 Å². The summed E-state index contributed by atoms with van der Waals surface area (Å²) in [6.45, 7) is 2.20. The fourth-order valence-electron chi connectivity index (χ4n) is 3.02. The molecule has 5 heteroatoms. The minimum atomic E-state index is -0.423. The molecule has 2 aromatic rings. The molecule has 154 valence electrons. The first-order chi connectivity index (χ1) is 14.2. The van der Waals surface area contributed by atoms with Gasteiger partial charge in [-0.2, -0.15) is 5.10 Å². The van der Waals surface area contributed by atoms with E-state index in [1.165, 1.54) is 25.7 Å². The van der Waals surface area contributed by atoms with Crippen molar-refractivity contribution in [1.29, 1.82) is 0 Å². The molecule has 0 heterocycles. The van der Waals surface area contributed by atoms with Crippen LogP contribution in [0.1, 0.15) is 73.8 Å². The lowest BCUT2D eigenvalue weighted by Gasteiger charge is -2.18. The van der Waals surface area contributed by atoms with E-state index in [9.17, 15) is 9.59 Å². The van der Waals surface area contributed by atoms with Gasteiger partial charge in [0.25, 0.3) is 5.91 Å². The Morgan fingerprint density at radius 3 is 2.28 bits per heavy atom. The summed E-state index contributed by atoms with van der Waals surface area (Å²) in [7, 11) is 0. The molecule has 0 radical (unpaired) electrons. The van der Waals surface area contributed by atoms with Gasteiger partial charge in [0.1, 0.15) is 0 Å². The third-order valence-corrected chi connectivity index (χ3v) is 4.65. The minimum Gasteiger partial charge on any atom is -0.345 e. The molecule has 1 atom stereocenters. The van der Waals surface area contributed by atoms with Gasteiger partial charge in [-0.25, -0.2) is 5.43 Å². The van der Waals surface area contributed by atoms with Gasteiger partial charge in [0.05, 0.1) is 12.5 Å². The van der Waals surface area contributed by atoms with Gasteiger partial charge in [0.15, 0.2) is 0 Å². The van der Waals surface area contributed by atoms with Crippen LogP contribution >= 0.6 is 0 Å². The molecule has 0 bridgehead atoms. The number of carbonyl (C=O) groups is 2. The number of hydrogen-bond acceptors (Lipinski definition) is 3. The summed E-state index contributed by atoms with van der Waals surface area (Å²) >= 11 is 0. The Balaban J connectivity index is 1.87. The van der Waals surface area contributed by atoms with Gasteiger partial charge in [-0.05, 0) is 30.5 Å². The molecule has 29 heavy (non-hydrogen) atoms. The maximum absolute atomic E-state index is 12.5. The Morgan fingerprint density at radius 2 is 1.59 bits per heavy atom. The molecule has 0 aliphatic rings. The van der Waals surface area contributed by atoms with Gasteiger partial charge in [-0.1, -0.05) is 81.1 Å². The van der Waals surface area contributed by atoms with E-state index in [1.807, 2.05) is 48.5 Å². The lowest BCUT2D eigenvalue weighted by molar-refractivity contribution is -0.121. The first kappa shape index (κ1) is 22.3. The third kappa shape index (κ3) is 8.73. The monoisotopic (exact) mass is 393 g/mol. The maximum atomic E-state index is 12.5. The summed E-state index contributed by atoms with van der Waals surface area (Å²) < 4.78 is 0. The van der Waals surface area contributed by atoms with Gasteiger partial charge in [0, 0.05) is 11.8 Å². The second-order valence-corrected chi connectivity index (χ2v) is 7.06. The van der Waals surface area contributed by atoms with E-state index in [-0.39, 0.29) is 18.2 Å². The second kappa shape index (κ2) is 13.3. The van der Waals surface area contributed by atoms with Crippen LogP contribution in [0.15, 0.2) is 65.8 Å². The standard InChI is InChI=1S/C24H31N3O2/c1-2-3-4-5-6-13-18-25-27-23(28)19-22(20-14-9-7-10-15-20)26-24(29)21-16-11-8-12-17-21/h7-12,14-18,22H,2-6,13,19H2,1H3,(H,26,29)(H,27,28)/b25-18+. The van der Waals surface area contributed by atoms with Crippen LogP contribution in [0.2, 0.25) is 0 Å². The molecular formula is C24H31N3O2. The van der Waals surface area contributed by atoms with Crippen molar-refractivity contribution in [3.05, 3.63) is 71.8 Å². The normalized spacial score (nSPS) is 11.9. The summed E-state index contributed by atoms with van der Waals surface area (Å²) in [6.07, 6.45) is 8.75. The molecule has 2 rings (SSSR count). The smallest absolute Gasteiger partial charge is 0.251 e. The van der Waals surface area contributed by atoms with Crippen LogP contribution in [0.4, 0.5) is 0 Å². The van der Waals surface area contributed by atoms with Crippen molar-refractivity contribution in [2.75, 3.05) is 0 Å². The van der Waals surface area contributed by atoms with Crippen LogP contribution in [0.3, 0.4) is 0 Å². The van der Waals surface area contributed by atoms with E-state index in [2.05, 4.69) is 22.8 Å². The summed E-state index contributed by atoms with van der Waals surface area (Å²) in [5.41, 5.74) is 4.02. The van der Waals surface area contributed by atoms with Crippen molar-refractivity contribution in [3.8, 4) is 0 Å². The third-order valence-electron chi connectivity index (χ3n) is 4.65. The fourth-order valence-corrected chi connectivity index (χ4v) is 3.02. The molecular weight excluding hydrogens is 362 g/mol. The average Bonchev–Trinajstić information content (AvgIpc) is 2.76. The Kier molecular flexibility index (Phi) is 10.2. The number of nitrogens with one attached hydrogen (secondary N) is 2. The zero-order chi connectivity index (χ0) is 20.7. The molecule has 0 fully saturated rings. The van der Waals surface area contributed by atoms with E-state index in [1.54, 1.807) is 18.3 Å². The summed E-state index contributed by atoms with van der Waals surface area (Å²) in [4.78, 5) is 24.9. The molecule has 0 saturated carbocycles. The van der Waals surface area contributed by atoms with Crippen molar-refractivity contribution in [2.24, 2.45) is 5.10 Å². The number of unbranched alkanes of at least 4 members (excludes halogenated alkanes) is 5. The predicted octanol–water partition coefficient (Wildman–Crippen LogP) is 5.01. The van der Waals surface area contributed by atoms with Gasteiger partial charge in [-0.15, -0.1) is 0 Å². The summed E-state index contributed by atoms with van der Waals surface area (Å²) in [5, 5.41) is 7.00. The van der Waals surface area contributed by atoms with Crippen LogP contribution in [0.5, 0.6) is 0 Å². The summed E-state index contributed by atoms with van der Waals surface area (Å²) in [5.74, 6) is -0.433. The van der Waals surface area contributed by atoms with Crippen molar-refractivity contribution < 1.29 is 9.59 Å². The first-order valence-corrected chi connectivity index (χ1v) is 10.4. The van der Waals surface area contributed by atoms with Gasteiger partial charge >= 0.3 is 0 Å². The largest absolute Gasteiger partial charge is 0.345 e. The van der Waals surface area contributed by atoms with Crippen LogP contribution in [-0.4, -0.2) is 18.0 Å². The molecule has 0 aromatic heterocycles. The van der Waals surface area contributed by atoms with Crippen LogP contribution in [0.25, 0.3) is 0 Å². The molecule has 2 amide bonds. The van der Waals surface area contributed by atoms with Crippen LogP contribution < -0.4 is 10.7 Å². The molecule has 5 nitrogen and oxygen atoms in total. The van der Waals surface area contributed by atoms with Gasteiger partial charge in [-0.3, -0.25) is 9.59 Å². The van der Waals surface area contributed by atoms with Gasteiger partial charge < -0.3 is 5.32 Å². The molecule has 2 aromatic carbocycles. The van der Waals surface area contributed by atoms with E-state index in [0.29, 0.717) is 5.56 Å². The van der Waals surface area contributed by atoms with E-state index in [4.69, 9.17) is 0 Å². The minimum absolute atomic E-state index is 0.121. The lowest BCUT2D eigenvalue weighted by atomic mass is 10.0. The van der Waals surface area contributed by atoms with E-state index >= 15 is 0 Å². The van der Waals surface area contributed by atoms with Crippen molar-refractivity contribution in [3.63, 3.8) is 0 Å². The number of amides is 2. The fraction of sp³-hybridized carbons (Fsp3) is 0.375. The second-order valence-electron chi connectivity index (χ2n) is 7.06. The Labute approximate surface area is 173 Å². The molecule has 0 aliphatic heterocycles. The highest BCUT2D eigenvalue weighted by Gasteiger charge is 2.19. The molecule has 0 aliphatic carbocycles. The van der Waals surface area contributed by atoms with Gasteiger partial charge in [0.2, 0.25) is 5.91 Å². The average molecular weight is 394 g/mol. The molecule has 0 spiro atoms. The Hall–Kier alpha value is -2.95. The number of hydrogen-bond donors (Lipinski definition) is 2. The maximum Gasteiger partial charge on any atom is 0.251 e. The number of nitrogens with zero attached hydrogens (tertiary/aromatic N) is 1. The predicted molar refractivity (Wildman–Crippen MR) is 118 cm³/mol. The number of benzene rings is 2. The summed E-state index contributed by atoms with van der Waals surface area (Å²) in [6, 6.07) is 18.1. The molecule has 2 N–H and O–H groups in total. The zero-order valence-electron chi connectivity index (χ0n) is 17.1. The zero-order valence-corrected chi connectivity index (χ0v) is 17.1. The van der Waals surface area contributed by atoms with Crippen molar-refractivity contribution in [1.82, 2.24) is 10.7 Å². The number of hydrazone groups is 1. The van der Waals surface area contributed by atoms with Crippen LogP contribution in [-0.2, 0) is 4.79 Å². The van der Waals surface area contributed by atoms with E-state index < -0.39 is 6.04 Å². The topological polar surface area (TPSA) is 70.6 Å². The Morgan fingerprint density at radius 1 is 0.931 bits per heavy atom. The quantitative estimate of drug-likeness (QED) is 0.302. The molecule has 0 saturated heterocycles. The van der Waals surface area contributed by atoms with Crippen LogP contribution in [0, 0.1) is 0 Å². The molecule has 1 unspecified atom stereocenters. The highest BCUT2D eigenvalue weighted by molar-refractivity contribution is 5.94. The highest BCUT2D eigenvalue weighted by atomic mass is 16.2. The first-order valence-electron chi connectivity index (χ1n) is 10.4. The Bertz CT molecular complexity index is 760. The SMILES string of the molecule is CCCCCCC/C=N/NC(=O)CC(NC(=O)c1ccccc1)c1ccccc1. The van der Waals surface area contributed by atoms with Crippen molar-refractivity contribution in [2.45, 2.75) is 57.9 Å². The highest BCUT2D eigenvalue weighted by Crippen LogP contribution is 2.17. The lowest BCUT2D eigenvalue weighted by Crippen LogP contribution is -2.32. The number of rotatable bonds is 12. The van der Waals surface area contributed by atoms with Crippen molar-refractivity contribution >= 4 is 18.0 Å².